The molecule has 0 aliphatic carbocycles. The molecule has 0 bridgehead atoms. The monoisotopic (exact) mass is 438 g/mol. The third kappa shape index (κ3) is 5.80. The molecular formula is C17H16Br2N2O2. The van der Waals surface area contributed by atoms with E-state index in [0.717, 1.165) is 26.5 Å². The summed E-state index contributed by atoms with van der Waals surface area (Å²) in [6, 6.07) is 13.3. The molecule has 4 nitrogen and oxygen atoms in total. The van der Waals surface area contributed by atoms with Crippen LogP contribution >= 0.6 is 31.9 Å². The number of hydrogen-bond acceptors (Lipinski definition) is 3. The van der Waals surface area contributed by atoms with Crippen LogP contribution in [0.3, 0.4) is 0 Å². The molecule has 0 atom stereocenters. The predicted molar refractivity (Wildman–Crippen MR) is 98.9 cm³/mol. The summed E-state index contributed by atoms with van der Waals surface area (Å²) >= 11 is 6.80. The molecule has 0 fully saturated rings. The lowest BCUT2D eigenvalue weighted by atomic mass is 10.1. The van der Waals surface area contributed by atoms with Crippen LogP contribution in [-0.2, 0) is 11.2 Å². The number of hydrazone groups is 1. The van der Waals surface area contributed by atoms with E-state index in [0.29, 0.717) is 5.75 Å². The Kier molecular flexibility index (Phi) is 6.80. The van der Waals surface area contributed by atoms with Gasteiger partial charge in [0, 0.05) is 8.95 Å². The zero-order chi connectivity index (χ0) is 16.7. The van der Waals surface area contributed by atoms with Crippen molar-refractivity contribution >= 4 is 44.0 Å². The summed E-state index contributed by atoms with van der Waals surface area (Å²) in [6.45, 7) is 1.96. The minimum absolute atomic E-state index is 0.0789. The molecule has 0 aromatic heterocycles. The molecule has 1 N–H and O–H groups in total. The van der Waals surface area contributed by atoms with E-state index < -0.39 is 0 Å². The molecule has 0 aliphatic heterocycles. The third-order valence-corrected chi connectivity index (χ3v) is 4.00. The Labute approximate surface area is 152 Å². The minimum atomic E-state index is -0.304. The van der Waals surface area contributed by atoms with E-state index >= 15 is 0 Å². The van der Waals surface area contributed by atoms with Crippen LogP contribution < -0.4 is 10.2 Å². The van der Waals surface area contributed by atoms with Crippen LogP contribution in [0.2, 0.25) is 0 Å². The van der Waals surface area contributed by atoms with Gasteiger partial charge in [0.25, 0.3) is 5.91 Å². The molecule has 0 spiro atoms. The molecule has 0 saturated heterocycles. The third-order valence-electron chi connectivity index (χ3n) is 3.01. The van der Waals surface area contributed by atoms with Gasteiger partial charge in [-0.1, -0.05) is 50.9 Å². The number of hydrogen-bond donors (Lipinski definition) is 1. The van der Waals surface area contributed by atoms with Crippen LogP contribution in [0.15, 0.2) is 56.5 Å². The SMILES string of the molecule is CCc1cc(Br)ccc1OCC(=O)N/N=C/c1cccc(Br)c1. The first kappa shape index (κ1) is 17.7. The summed E-state index contributed by atoms with van der Waals surface area (Å²) in [4.78, 5) is 11.8. The Morgan fingerprint density at radius 2 is 2.00 bits per heavy atom. The fourth-order valence-electron chi connectivity index (χ4n) is 1.91. The smallest absolute Gasteiger partial charge is 0.277 e. The van der Waals surface area contributed by atoms with Gasteiger partial charge >= 0.3 is 0 Å². The zero-order valence-corrected chi connectivity index (χ0v) is 15.7. The molecule has 2 aromatic rings. The molecule has 1 amide bonds. The Morgan fingerprint density at radius 1 is 1.22 bits per heavy atom. The molecular weight excluding hydrogens is 424 g/mol. The minimum Gasteiger partial charge on any atom is -0.483 e. The topological polar surface area (TPSA) is 50.7 Å². The summed E-state index contributed by atoms with van der Waals surface area (Å²) in [5.41, 5.74) is 4.39. The molecule has 0 heterocycles. The highest BCUT2D eigenvalue weighted by atomic mass is 79.9. The number of carbonyl (C=O) groups excluding carboxylic acids is 1. The van der Waals surface area contributed by atoms with E-state index in [2.05, 4.69) is 42.4 Å². The van der Waals surface area contributed by atoms with Crippen molar-refractivity contribution in [1.29, 1.82) is 0 Å². The van der Waals surface area contributed by atoms with Crippen molar-refractivity contribution in [3.63, 3.8) is 0 Å². The lowest BCUT2D eigenvalue weighted by Gasteiger charge is -2.09. The van der Waals surface area contributed by atoms with Gasteiger partial charge < -0.3 is 4.74 Å². The average Bonchev–Trinajstić information content (AvgIpc) is 2.53. The first-order valence-electron chi connectivity index (χ1n) is 7.07. The standard InChI is InChI=1S/C17H16Br2N2O2/c1-2-13-9-15(19)6-7-16(13)23-11-17(22)21-20-10-12-4-3-5-14(18)8-12/h3-10H,2,11H2,1H3,(H,21,22)/b20-10+. The lowest BCUT2D eigenvalue weighted by molar-refractivity contribution is -0.123. The van der Waals surface area contributed by atoms with Crippen molar-refractivity contribution in [2.75, 3.05) is 6.61 Å². The van der Waals surface area contributed by atoms with Crippen LogP contribution in [0.4, 0.5) is 0 Å². The largest absolute Gasteiger partial charge is 0.483 e. The second kappa shape index (κ2) is 8.84. The number of nitrogens with zero attached hydrogens (tertiary/aromatic N) is 1. The molecule has 23 heavy (non-hydrogen) atoms. The highest BCUT2D eigenvalue weighted by Gasteiger charge is 2.06. The summed E-state index contributed by atoms with van der Waals surface area (Å²) < 4.78 is 7.50. The van der Waals surface area contributed by atoms with Crippen molar-refractivity contribution in [3.05, 3.63) is 62.5 Å². The van der Waals surface area contributed by atoms with Crippen molar-refractivity contribution < 1.29 is 9.53 Å². The molecule has 0 saturated carbocycles. The van der Waals surface area contributed by atoms with E-state index in [4.69, 9.17) is 4.74 Å². The quantitative estimate of drug-likeness (QED) is 0.538. The number of rotatable bonds is 6. The van der Waals surface area contributed by atoms with Gasteiger partial charge in [-0.2, -0.15) is 5.10 Å². The fraction of sp³-hybridized carbons (Fsp3) is 0.176. The van der Waals surface area contributed by atoms with Crippen molar-refractivity contribution in [3.8, 4) is 5.75 Å². The number of benzene rings is 2. The van der Waals surface area contributed by atoms with Crippen LogP contribution in [0.1, 0.15) is 18.1 Å². The summed E-state index contributed by atoms with van der Waals surface area (Å²) in [7, 11) is 0. The molecule has 0 radical (unpaired) electrons. The van der Waals surface area contributed by atoms with Gasteiger partial charge in [-0.25, -0.2) is 5.43 Å². The molecule has 120 valence electrons. The molecule has 2 aromatic carbocycles. The van der Waals surface area contributed by atoms with Gasteiger partial charge in [-0.15, -0.1) is 0 Å². The summed E-state index contributed by atoms with van der Waals surface area (Å²) in [6.07, 6.45) is 2.41. The van der Waals surface area contributed by atoms with Crippen LogP contribution in [0.25, 0.3) is 0 Å². The normalized spacial score (nSPS) is 10.7. The van der Waals surface area contributed by atoms with E-state index in [1.165, 1.54) is 0 Å². The first-order valence-corrected chi connectivity index (χ1v) is 8.65. The van der Waals surface area contributed by atoms with Crippen LogP contribution in [0, 0.1) is 0 Å². The number of nitrogens with one attached hydrogen (secondary N) is 1. The van der Waals surface area contributed by atoms with E-state index in [1.807, 2.05) is 49.4 Å². The number of aryl methyl sites for hydroxylation is 1. The second-order valence-corrected chi connectivity index (χ2v) is 6.57. The van der Waals surface area contributed by atoms with Crippen molar-refractivity contribution in [2.45, 2.75) is 13.3 Å². The Hall–Kier alpha value is -1.66. The predicted octanol–water partition coefficient (Wildman–Crippen LogP) is 4.30. The van der Waals surface area contributed by atoms with Gasteiger partial charge in [-0.05, 0) is 47.9 Å². The number of carbonyl (C=O) groups is 1. The van der Waals surface area contributed by atoms with Gasteiger partial charge in [0.15, 0.2) is 6.61 Å². The highest BCUT2D eigenvalue weighted by Crippen LogP contribution is 2.23. The average molecular weight is 440 g/mol. The van der Waals surface area contributed by atoms with Gasteiger partial charge in [0.05, 0.1) is 6.21 Å². The number of ether oxygens (including phenoxy) is 1. The van der Waals surface area contributed by atoms with Gasteiger partial charge in [0.1, 0.15) is 5.75 Å². The zero-order valence-electron chi connectivity index (χ0n) is 12.6. The van der Waals surface area contributed by atoms with Crippen molar-refractivity contribution in [2.24, 2.45) is 5.10 Å². The first-order chi connectivity index (χ1) is 11.1. The lowest BCUT2D eigenvalue weighted by Crippen LogP contribution is -2.24. The van der Waals surface area contributed by atoms with Crippen LogP contribution in [0.5, 0.6) is 5.75 Å². The summed E-state index contributed by atoms with van der Waals surface area (Å²) in [5.74, 6) is 0.406. The van der Waals surface area contributed by atoms with E-state index in [9.17, 15) is 4.79 Å². The Balaban J connectivity index is 1.86. The van der Waals surface area contributed by atoms with E-state index in [1.54, 1.807) is 6.21 Å². The maximum Gasteiger partial charge on any atom is 0.277 e. The number of halogens is 2. The van der Waals surface area contributed by atoms with Gasteiger partial charge in [0.2, 0.25) is 0 Å². The fourth-order valence-corrected chi connectivity index (χ4v) is 2.73. The Morgan fingerprint density at radius 3 is 2.74 bits per heavy atom. The number of amides is 1. The Bertz CT molecular complexity index is 717. The molecule has 0 unspecified atom stereocenters. The summed E-state index contributed by atoms with van der Waals surface area (Å²) in [5, 5.41) is 3.92. The second-order valence-electron chi connectivity index (χ2n) is 4.74. The maximum atomic E-state index is 11.8. The van der Waals surface area contributed by atoms with Crippen molar-refractivity contribution in [1.82, 2.24) is 5.43 Å². The maximum absolute atomic E-state index is 11.8. The molecule has 6 heteroatoms. The van der Waals surface area contributed by atoms with E-state index in [-0.39, 0.29) is 12.5 Å². The van der Waals surface area contributed by atoms with Gasteiger partial charge in [-0.3, -0.25) is 4.79 Å². The highest BCUT2D eigenvalue weighted by molar-refractivity contribution is 9.10. The molecule has 0 aliphatic rings. The van der Waals surface area contributed by atoms with Crippen LogP contribution in [-0.4, -0.2) is 18.7 Å². The molecule has 2 rings (SSSR count).